The number of ketones is 5. The molecule has 35 rings (SSSR count). The van der Waals surface area contributed by atoms with Crippen molar-refractivity contribution in [2.45, 2.75) is 223 Å². The van der Waals surface area contributed by atoms with Crippen molar-refractivity contribution in [3.05, 3.63) is 405 Å². The fraction of sp³-hybridized carbons (Fsp3) is 0.323. The molecule has 15 fully saturated rings. The minimum Gasteiger partial charge on any atom is -0.300 e. The van der Waals surface area contributed by atoms with E-state index >= 15 is 0 Å². The Morgan fingerprint density at radius 2 is 0.554 bits per heavy atom. The number of nitrogens with zero attached hydrogens (tertiary/aromatic N) is 16. The molecule has 11 heterocycles. The van der Waals surface area contributed by atoms with E-state index in [1.807, 2.05) is 89.1 Å². The number of Topliss-reactive ketones (excluding diaryl/α,β-unsaturated/α-hetero) is 5. The summed E-state index contributed by atoms with van der Waals surface area (Å²) in [6.07, 6.45) is 30.1. The summed E-state index contributed by atoms with van der Waals surface area (Å²) in [6, 6.07) is 72.0. The quantitative estimate of drug-likeness (QED) is 0.0689. The minimum atomic E-state index is -0.327. The number of halogens is 3. The lowest BCUT2D eigenvalue weighted by molar-refractivity contribution is -0.0274. The lowest BCUT2D eigenvalue weighted by Gasteiger charge is -2.62. The van der Waals surface area contributed by atoms with E-state index < -0.39 is 0 Å². The molecule has 10 bridgehead atoms. The number of rotatable bonds is 15. The van der Waals surface area contributed by atoms with E-state index in [1.54, 1.807) is 77.7 Å². The first-order valence-electron chi connectivity index (χ1n) is 52.3. The van der Waals surface area contributed by atoms with Gasteiger partial charge in [-0.05, 0) is 335 Å². The molecule has 0 spiro atoms. The Balaban J connectivity index is 0.0000000936. The van der Waals surface area contributed by atoms with Gasteiger partial charge in [0.15, 0.2) is 28.9 Å². The van der Waals surface area contributed by atoms with Crippen LogP contribution in [0.25, 0.3) is 28.4 Å². The van der Waals surface area contributed by atoms with Crippen LogP contribution in [0.5, 0.6) is 0 Å². The van der Waals surface area contributed by atoms with Crippen molar-refractivity contribution in [3.8, 4) is 28.4 Å². The largest absolute Gasteiger partial charge is 0.300 e. The van der Waals surface area contributed by atoms with Gasteiger partial charge in [-0.1, -0.05) is 127 Å². The minimum absolute atomic E-state index is 0.0176. The second-order valence-electron chi connectivity index (χ2n) is 44.8. The first-order valence-corrected chi connectivity index (χ1v) is 53.7. The first-order chi connectivity index (χ1) is 71.5. The zero-order chi connectivity index (χ0) is 101. The van der Waals surface area contributed by atoms with Crippen molar-refractivity contribution in [3.63, 3.8) is 0 Å². The van der Waals surface area contributed by atoms with E-state index in [-0.39, 0.29) is 64.9 Å². The van der Waals surface area contributed by atoms with Crippen molar-refractivity contribution < 1.29 is 28.4 Å². The highest BCUT2D eigenvalue weighted by Gasteiger charge is 2.61. The smallest absolute Gasteiger partial charge is 0.180 e. The molecule has 0 saturated heterocycles. The predicted octanol–water partition coefficient (Wildman–Crippen LogP) is 26.0. The molecular formula is C124H111ClFIN16O5. The molecule has 0 unspecified atom stereocenters. The van der Waals surface area contributed by atoms with Crippen molar-refractivity contribution in [1.82, 2.24) is 52.7 Å². The highest BCUT2D eigenvalue weighted by atomic mass is 127. The van der Waals surface area contributed by atoms with Gasteiger partial charge in [-0.15, -0.1) is 0 Å². The Kier molecular flexibility index (Phi) is 22.1. The van der Waals surface area contributed by atoms with E-state index in [9.17, 15) is 28.4 Å². The van der Waals surface area contributed by atoms with Crippen molar-refractivity contribution in [2.24, 2.45) is 54.6 Å². The van der Waals surface area contributed by atoms with Gasteiger partial charge in [-0.25, -0.2) is 29.3 Å². The van der Waals surface area contributed by atoms with Crippen LogP contribution in [0.4, 0.5) is 4.39 Å². The number of carbonyl (C=O) groups excluding carboxylic acids is 5. The maximum atomic E-state index is 14.9. The third-order valence-corrected chi connectivity index (χ3v) is 36.7. The van der Waals surface area contributed by atoms with Crippen LogP contribution >= 0.6 is 34.2 Å². The third-order valence-electron chi connectivity index (χ3n) is 35.4. The highest BCUT2D eigenvalue weighted by molar-refractivity contribution is 14.1. The average molecular weight is 2090 g/mol. The van der Waals surface area contributed by atoms with Gasteiger partial charge in [0.1, 0.15) is 65.9 Å². The average Bonchev–Trinajstić information content (AvgIpc) is 0.836. The fourth-order valence-electron chi connectivity index (χ4n) is 27.3. The molecule has 0 radical (unpaired) electrons. The lowest BCUT2D eigenvalue weighted by Crippen LogP contribution is -2.55. The Labute approximate surface area is 877 Å². The summed E-state index contributed by atoms with van der Waals surface area (Å²) >= 11 is 9.01. The second-order valence-corrected chi connectivity index (χ2v) is 46.3. The maximum absolute atomic E-state index is 14.9. The summed E-state index contributed by atoms with van der Waals surface area (Å²) in [6.45, 7) is 17.9. The Bertz CT molecular complexity index is 7650. The zero-order valence-corrected chi connectivity index (χ0v) is 87.3. The van der Waals surface area contributed by atoms with Gasteiger partial charge >= 0.3 is 0 Å². The number of pyridine rings is 1. The predicted molar refractivity (Wildman–Crippen MR) is 581 cm³/mol. The van der Waals surface area contributed by atoms with Crippen LogP contribution in [-0.2, 0) is 27.1 Å². The van der Waals surface area contributed by atoms with Gasteiger partial charge in [0, 0.05) is 99.5 Å². The fourth-order valence-corrected chi connectivity index (χ4v) is 28.2. The molecule has 9 aromatic carbocycles. The van der Waals surface area contributed by atoms with Gasteiger partial charge in [-0.2, -0.15) is 0 Å². The van der Waals surface area contributed by atoms with E-state index in [1.165, 1.54) is 141 Å². The molecule has 0 amide bonds. The molecule has 20 aliphatic rings. The van der Waals surface area contributed by atoms with Gasteiger partial charge < -0.3 is 0 Å². The summed E-state index contributed by atoms with van der Waals surface area (Å²) in [5.74, 6) is 4.10. The normalized spacial score (nSPS) is 26.1. The summed E-state index contributed by atoms with van der Waals surface area (Å²) in [4.78, 5) is 113. The molecule has 6 aromatic heterocycles. The molecule has 738 valence electrons. The highest BCUT2D eigenvalue weighted by Crippen LogP contribution is 2.69. The molecule has 15 aliphatic carbocycles. The number of hydrogen-bond donors (Lipinski definition) is 0. The van der Waals surface area contributed by atoms with Gasteiger partial charge in [0.25, 0.3) is 0 Å². The molecule has 5 aliphatic heterocycles. The maximum Gasteiger partial charge on any atom is 0.180 e. The Morgan fingerprint density at radius 1 is 0.291 bits per heavy atom. The van der Waals surface area contributed by atoms with Crippen LogP contribution in [0.3, 0.4) is 0 Å². The van der Waals surface area contributed by atoms with Crippen LogP contribution in [0.2, 0.25) is 5.02 Å². The van der Waals surface area contributed by atoms with Crippen molar-refractivity contribution >= 4 is 91.7 Å². The van der Waals surface area contributed by atoms with Crippen LogP contribution in [0.1, 0.15) is 360 Å². The van der Waals surface area contributed by atoms with Gasteiger partial charge in [-0.3, -0.25) is 76.8 Å². The number of benzene rings is 9. The van der Waals surface area contributed by atoms with E-state index in [2.05, 4.69) is 215 Å². The number of aliphatic imine (C=N–C) groups is 5. The number of hydrogen-bond acceptors (Lipinski definition) is 16. The molecule has 148 heavy (non-hydrogen) atoms. The second kappa shape index (κ2) is 35.0. The number of imidazole rings is 5. The van der Waals surface area contributed by atoms with Crippen molar-refractivity contribution in [2.75, 3.05) is 0 Å². The molecule has 21 nitrogen and oxygen atoms in total. The van der Waals surface area contributed by atoms with Crippen LogP contribution in [0.15, 0.2) is 275 Å². The summed E-state index contributed by atoms with van der Waals surface area (Å²) in [5, 5.41) is 0.682. The van der Waals surface area contributed by atoms with Crippen molar-refractivity contribution in [1.29, 1.82) is 0 Å². The van der Waals surface area contributed by atoms with Gasteiger partial charge in [0.2, 0.25) is 0 Å². The molecule has 15 saturated carbocycles. The SMILES string of the molecule is CC(=O)c1ncn2c1[C@@H](C)N=C(c1ccccc1)c1cc(C34CC(C3)C4)ccc1-2.CC(=O)c1ncn2c1[C@@H](C)N=C(c1ccccn1)c1cc(C34CC(C3)C4)ccc1-2.CC(=O)c1ncn2c1[C@H](C)N=C(c1ccccc1Cl)c1cc(C34CC(C3)C4)ccc1-2.CC(=O)c1ncn2c1[C@H](C)N=C(c1ccccc1F)c1cc(C34CC(C3)C4)ccc1-2.CC(=O)c1ncn2c1[C@H](C)N=C(c1ccccc1I)c1cc(C34CC(C3)C4)ccc1-2. The molecule has 5 atom stereocenters. The number of carbonyl (C=O) groups is 5. The zero-order valence-electron chi connectivity index (χ0n) is 84.4. The Morgan fingerprint density at radius 3 is 0.851 bits per heavy atom. The Hall–Kier alpha value is -14.2. The standard InChI is InChI=1S/C25H22ClN3O.C25H22FN3O.C25H22IN3O.C25H23N3O.C24H22N4O/c3*1-14-24-22(15(2)30)27-13-29(24)21-8-7-17(25-10-16(11-25)12-25)9-19(21)23(28-14)18-5-3-4-6-20(18)26;1-15-24-22(16(2)29)26-14-28(24)21-9-8-19(25-11-17(12-25)13-25)10-20(21)23(27-15)18-6-4-3-5-7-18;1-14-23-21(15(2)29)26-13-28(23)20-7-6-17(24-10-16(11-24)12-24)9-18(20)22(27-14)19-5-3-4-8-25-19/h3*3-9,13-14,16H,10-12H2,1-2H3;3-10,14-15,17H,11-13H2,1-2H3;3-9,13-14,16H,10-12H2,1-2H3/t3*14-,16?,25?;15-,17?,25?;14-,16?,24?/m00011/s1. The van der Waals surface area contributed by atoms with E-state index in [0.29, 0.717) is 71.8 Å². The molecule has 0 N–H and O–H groups in total. The van der Waals surface area contributed by atoms with Crippen LogP contribution in [-0.4, -0.2) is 110 Å². The number of aromatic nitrogens is 11. The van der Waals surface area contributed by atoms with E-state index in [4.69, 9.17) is 36.6 Å². The molecule has 15 aromatic rings. The first kappa shape index (κ1) is 93.6. The summed E-state index contributed by atoms with van der Waals surface area (Å²) in [7, 11) is 0. The molecule has 24 heteroatoms. The summed E-state index contributed by atoms with van der Waals surface area (Å²) < 4.78 is 26.2. The molecular weight excluding hydrogens is 1970 g/mol. The van der Waals surface area contributed by atoms with Crippen LogP contribution in [0, 0.1) is 39.0 Å². The van der Waals surface area contributed by atoms with E-state index in [0.717, 1.165) is 160 Å². The monoisotopic (exact) mass is 2080 g/mol. The third kappa shape index (κ3) is 14.8. The van der Waals surface area contributed by atoms with Gasteiger partial charge in [0.05, 0.1) is 121 Å². The number of fused-ring (bicyclic) bond motifs is 15. The topological polar surface area (TPSA) is 249 Å². The van der Waals surface area contributed by atoms with Crippen LogP contribution < -0.4 is 0 Å². The lowest BCUT2D eigenvalue weighted by atomic mass is 9.42. The summed E-state index contributed by atoms with van der Waals surface area (Å²) in [5.41, 5.74) is 34.7.